The second kappa shape index (κ2) is 8.41. The summed E-state index contributed by atoms with van der Waals surface area (Å²) in [6, 6.07) is 37.9. The Hall–Kier alpha value is -3.58. The molecule has 2 N–H and O–H groups in total. The maximum atomic E-state index is 6.50. The lowest BCUT2D eigenvalue weighted by molar-refractivity contribution is 1.26. The minimum Gasteiger partial charge on any atom is -0.398 e. The number of hydrogen-bond donors (Lipinski definition) is 1. The van der Waals surface area contributed by atoms with Gasteiger partial charge in [-0.15, -0.1) is 0 Å². The van der Waals surface area contributed by atoms with Crippen molar-refractivity contribution < 1.29 is 0 Å². The maximum absolute atomic E-state index is 6.50. The Morgan fingerprint density at radius 3 is 1.54 bits per heavy atom. The quantitative estimate of drug-likeness (QED) is 0.428. The molecule has 0 aromatic heterocycles. The molecule has 4 aromatic rings. The van der Waals surface area contributed by atoms with Gasteiger partial charge in [0.2, 0.25) is 0 Å². The molecule has 28 heavy (non-hydrogen) atoms. The lowest BCUT2D eigenvalue weighted by atomic mass is 9.95. The van der Waals surface area contributed by atoms with Gasteiger partial charge in [0.25, 0.3) is 0 Å². The molecule has 4 rings (SSSR count). The van der Waals surface area contributed by atoms with E-state index in [9.17, 15) is 0 Å². The molecule has 4 aromatic carbocycles. The minimum absolute atomic E-state index is 0.804. The van der Waals surface area contributed by atoms with Gasteiger partial charge in [-0.25, -0.2) is 0 Å². The third-order valence-corrected chi connectivity index (χ3v) is 4.88. The summed E-state index contributed by atoms with van der Waals surface area (Å²) in [5.74, 6) is 0. The molecule has 136 valence electrons. The molecule has 0 fully saturated rings. The van der Waals surface area contributed by atoms with Gasteiger partial charge < -0.3 is 5.73 Å². The highest BCUT2D eigenvalue weighted by molar-refractivity contribution is 5.79. The summed E-state index contributed by atoms with van der Waals surface area (Å²) < 4.78 is 0. The summed E-state index contributed by atoms with van der Waals surface area (Å²) in [5, 5.41) is 0. The molecule has 0 aliphatic carbocycles. The zero-order chi connectivity index (χ0) is 19.2. The van der Waals surface area contributed by atoms with E-state index in [2.05, 4.69) is 97.1 Å². The Morgan fingerprint density at radius 2 is 1.04 bits per heavy atom. The highest BCUT2D eigenvalue weighted by Gasteiger charge is 2.07. The van der Waals surface area contributed by atoms with Crippen molar-refractivity contribution in [2.24, 2.45) is 5.73 Å². The van der Waals surface area contributed by atoms with E-state index in [1.54, 1.807) is 0 Å². The Labute approximate surface area is 166 Å². The normalized spacial score (nSPS) is 11.4. The fourth-order valence-corrected chi connectivity index (χ4v) is 3.35. The van der Waals surface area contributed by atoms with Crippen molar-refractivity contribution in [3.05, 3.63) is 126 Å². The van der Waals surface area contributed by atoms with Crippen molar-refractivity contribution in [3.63, 3.8) is 0 Å². The van der Waals surface area contributed by atoms with E-state index in [1.807, 2.05) is 18.2 Å². The van der Waals surface area contributed by atoms with Crippen LogP contribution in [0.2, 0.25) is 0 Å². The van der Waals surface area contributed by atoms with E-state index >= 15 is 0 Å². The monoisotopic (exact) mass is 361 g/mol. The van der Waals surface area contributed by atoms with Crippen molar-refractivity contribution in [2.75, 3.05) is 0 Å². The van der Waals surface area contributed by atoms with Crippen molar-refractivity contribution >= 4 is 5.70 Å². The van der Waals surface area contributed by atoms with Crippen LogP contribution in [0.15, 0.2) is 115 Å². The molecule has 0 radical (unpaired) electrons. The summed E-state index contributed by atoms with van der Waals surface area (Å²) in [5.41, 5.74) is 14.3. The molecule has 0 saturated carbocycles. The highest BCUT2D eigenvalue weighted by atomic mass is 14.6. The first-order valence-electron chi connectivity index (χ1n) is 9.55. The first-order valence-corrected chi connectivity index (χ1v) is 9.55. The second-order valence-electron chi connectivity index (χ2n) is 6.88. The Kier molecular flexibility index (Phi) is 5.35. The van der Waals surface area contributed by atoms with E-state index in [4.69, 9.17) is 5.73 Å². The number of rotatable bonds is 5. The van der Waals surface area contributed by atoms with Gasteiger partial charge in [0.1, 0.15) is 0 Å². The maximum Gasteiger partial charge on any atom is 0.0350 e. The fraction of sp³-hybridized carbons (Fsp3) is 0.0370. The number of allylic oxidation sites excluding steroid dienone is 1. The van der Waals surface area contributed by atoms with Crippen LogP contribution in [0, 0.1) is 0 Å². The Bertz CT molecular complexity index is 1010. The van der Waals surface area contributed by atoms with Crippen LogP contribution in [-0.2, 0) is 6.42 Å². The molecule has 1 heteroatoms. The van der Waals surface area contributed by atoms with Crippen molar-refractivity contribution in [3.8, 4) is 22.3 Å². The van der Waals surface area contributed by atoms with Crippen molar-refractivity contribution in [1.29, 1.82) is 0 Å². The molecule has 0 spiro atoms. The van der Waals surface area contributed by atoms with Gasteiger partial charge in [-0.3, -0.25) is 0 Å². The molecular weight excluding hydrogens is 338 g/mol. The number of hydrogen-bond acceptors (Lipinski definition) is 1. The van der Waals surface area contributed by atoms with E-state index in [0.29, 0.717) is 0 Å². The molecule has 0 saturated heterocycles. The first kappa shape index (κ1) is 17.8. The van der Waals surface area contributed by atoms with Gasteiger partial charge in [0.05, 0.1) is 0 Å². The molecule has 0 unspecified atom stereocenters. The van der Waals surface area contributed by atoms with Crippen LogP contribution < -0.4 is 5.73 Å². The lowest BCUT2D eigenvalue weighted by Crippen LogP contribution is -1.99. The Morgan fingerprint density at radius 1 is 0.571 bits per heavy atom. The zero-order valence-corrected chi connectivity index (χ0v) is 15.8. The predicted molar refractivity (Wildman–Crippen MR) is 120 cm³/mol. The third-order valence-electron chi connectivity index (χ3n) is 4.88. The largest absolute Gasteiger partial charge is 0.398 e. The highest BCUT2D eigenvalue weighted by Crippen LogP contribution is 2.30. The van der Waals surface area contributed by atoms with E-state index < -0.39 is 0 Å². The lowest BCUT2D eigenvalue weighted by Gasteiger charge is -2.11. The average Bonchev–Trinajstić information content (AvgIpc) is 2.79. The molecule has 0 atom stereocenters. The van der Waals surface area contributed by atoms with Crippen LogP contribution in [0.3, 0.4) is 0 Å². The van der Waals surface area contributed by atoms with Crippen molar-refractivity contribution in [1.82, 2.24) is 0 Å². The predicted octanol–water partition coefficient (Wildman–Crippen LogP) is 6.56. The van der Waals surface area contributed by atoms with Crippen molar-refractivity contribution in [2.45, 2.75) is 6.42 Å². The standard InChI is InChI=1S/C27H23N/c28-27(17-16-21-10-4-1-5-11-21)26-19-24(22-12-6-2-7-13-22)18-25(20-26)23-14-8-3-9-15-23/h1-15,17-20H,16,28H2/b27-17-. The van der Waals surface area contributed by atoms with Gasteiger partial charge in [-0.2, -0.15) is 0 Å². The second-order valence-corrected chi connectivity index (χ2v) is 6.88. The van der Waals surface area contributed by atoms with Gasteiger partial charge in [-0.05, 0) is 58.0 Å². The van der Waals surface area contributed by atoms with E-state index in [1.165, 1.54) is 27.8 Å². The van der Waals surface area contributed by atoms with Gasteiger partial charge in [0, 0.05) is 5.70 Å². The summed E-state index contributed by atoms with van der Waals surface area (Å²) in [6.07, 6.45) is 2.93. The van der Waals surface area contributed by atoms with Crippen LogP contribution in [0.1, 0.15) is 11.1 Å². The van der Waals surface area contributed by atoms with Gasteiger partial charge in [-0.1, -0.05) is 97.1 Å². The first-order chi connectivity index (χ1) is 13.8. The molecule has 1 nitrogen and oxygen atoms in total. The summed E-state index contributed by atoms with van der Waals surface area (Å²) in [4.78, 5) is 0. The zero-order valence-electron chi connectivity index (χ0n) is 15.8. The average molecular weight is 361 g/mol. The molecule has 0 aliphatic heterocycles. The minimum atomic E-state index is 0.804. The molecule has 0 heterocycles. The van der Waals surface area contributed by atoms with Gasteiger partial charge in [0.15, 0.2) is 0 Å². The SMILES string of the molecule is N/C(=C\Cc1ccccc1)c1cc(-c2ccccc2)cc(-c2ccccc2)c1. The van der Waals surface area contributed by atoms with Crippen LogP contribution in [-0.4, -0.2) is 0 Å². The molecule has 0 aliphatic rings. The summed E-state index contributed by atoms with van der Waals surface area (Å²) >= 11 is 0. The van der Waals surface area contributed by atoms with E-state index in [0.717, 1.165) is 17.7 Å². The summed E-state index contributed by atoms with van der Waals surface area (Å²) in [7, 11) is 0. The topological polar surface area (TPSA) is 26.0 Å². The Balaban J connectivity index is 1.75. The van der Waals surface area contributed by atoms with Gasteiger partial charge >= 0.3 is 0 Å². The van der Waals surface area contributed by atoms with Crippen LogP contribution in [0.4, 0.5) is 0 Å². The molecule has 0 bridgehead atoms. The molecule has 0 amide bonds. The fourth-order valence-electron chi connectivity index (χ4n) is 3.35. The van der Waals surface area contributed by atoms with E-state index in [-0.39, 0.29) is 0 Å². The number of benzene rings is 4. The summed E-state index contributed by atoms with van der Waals surface area (Å²) in [6.45, 7) is 0. The van der Waals surface area contributed by atoms with Crippen LogP contribution >= 0.6 is 0 Å². The number of nitrogens with two attached hydrogens (primary N) is 1. The smallest absolute Gasteiger partial charge is 0.0350 e. The van der Waals surface area contributed by atoms with Crippen LogP contribution in [0.5, 0.6) is 0 Å². The third kappa shape index (κ3) is 4.21. The molecular formula is C27H23N. The van der Waals surface area contributed by atoms with Crippen LogP contribution in [0.25, 0.3) is 28.0 Å².